The minimum atomic E-state index is -0.585. The number of esters is 1. The summed E-state index contributed by atoms with van der Waals surface area (Å²) in [6.45, 7) is 5.39. The van der Waals surface area contributed by atoms with E-state index in [-0.39, 0.29) is 18.5 Å². The Morgan fingerprint density at radius 3 is 2.43 bits per heavy atom. The lowest BCUT2D eigenvalue weighted by Gasteiger charge is -2.16. The van der Waals surface area contributed by atoms with Crippen LogP contribution >= 0.6 is 0 Å². The van der Waals surface area contributed by atoms with E-state index < -0.39 is 5.41 Å². The molecule has 0 N–H and O–H groups in total. The van der Waals surface area contributed by atoms with E-state index in [9.17, 15) is 4.79 Å². The van der Waals surface area contributed by atoms with Gasteiger partial charge in [-0.3, -0.25) is 4.79 Å². The predicted octanol–water partition coefficient (Wildman–Crippen LogP) is 6.65. The summed E-state index contributed by atoms with van der Waals surface area (Å²) in [5.41, 5.74) is 5.16. The van der Waals surface area contributed by atoms with Crippen LogP contribution in [-0.4, -0.2) is 20.7 Å². The number of aryl methyl sites for hydroxylation is 1. The number of hydrogen-bond acceptors (Lipinski definition) is 4. The molecule has 1 heterocycles. The van der Waals surface area contributed by atoms with Gasteiger partial charge in [0, 0.05) is 11.1 Å². The van der Waals surface area contributed by atoms with Crippen LogP contribution in [0.4, 0.5) is 4.39 Å². The zero-order valence-corrected chi connectivity index (χ0v) is 21.6. The minimum Gasteiger partial charge on any atom is -0.442 e. The van der Waals surface area contributed by atoms with Crippen LogP contribution in [0.2, 0.25) is 0 Å². The first-order valence-electron chi connectivity index (χ1n) is 12.8. The Labute approximate surface area is 217 Å². The average molecular weight is 498 g/mol. The molecule has 4 aromatic rings. The molecule has 190 valence electrons. The highest BCUT2D eigenvalue weighted by atomic mass is 19.1. The van der Waals surface area contributed by atoms with Crippen molar-refractivity contribution < 1.29 is 13.9 Å². The first-order chi connectivity index (χ1) is 17.8. The van der Waals surface area contributed by atoms with Crippen LogP contribution in [0.5, 0.6) is 0 Å². The van der Waals surface area contributed by atoms with Crippen molar-refractivity contribution in [2.24, 2.45) is 11.3 Å². The molecular weight excluding hydrogens is 465 g/mol. The molecule has 5 rings (SSSR count). The van der Waals surface area contributed by atoms with Gasteiger partial charge >= 0.3 is 5.97 Å². The first kappa shape index (κ1) is 24.9. The fourth-order valence-corrected chi connectivity index (χ4v) is 4.87. The smallest absolute Gasteiger partial charge is 0.313 e. The quantitative estimate of drug-likeness (QED) is 0.268. The van der Waals surface area contributed by atoms with Crippen molar-refractivity contribution in [1.29, 1.82) is 0 Å². The molecule has 0 bridgehead atoms. The standard InChI is InChI=1S/C31H32FN3O2/c1-31(2,3)30(36)37-20-35-19-33-29(34-35)26-12-6-11-25(18-26)27-13-7-10-22(28(27)32)15-14-21-16-23-8-4-5-9-24(23)17-21/h4-13,18-19,21H,14-17,20H2,1-3H3. The number of rotatable bonds is 7. The number of ether oxygens (including phenoxy) is 1. The predicted molar refractivity (Wildman–Crippen MR) is 142 cm³/mol. The monoisotopic (exact) mass is 497 g/mol. The van der Waals surface area contributed by atoms with Crippen LogP contribution in [-0.2, 0) is 35.5 Å². The molecule has 0 amide bonds. The molecule has 0 unspecified atom stereocenters. The maximum Gasteiger partial charge on any atom is 0.313 e. The van der Waals surface area contributed by atoms with E-state index in [0.29, 0.717) is 17.3 Å². The van der Waals surface area contributed by atoms with E-state index in [1.807, 2.05) is 42.5 Å². The molecule has 6 heteroatoms. The third kappa shape index (κ3) is 5.63. The number of hydrogen-bond donors (Lipinski definition) is 0. The number of halogens is 1. The summed E-state index contributed by atoms with van der Waals surface area (Å²) in [7, 11) is 0. The molecule has 0 saturated carbocycles. The SMILES string of the molecule is CC(C)(C)C(=O)OCn1cnc(-c2cccc(-c3cccc(CCC4Cc5ccccc5C4)c3F)c2)n1. The van der Waals surface area contributed by atoms with Crippen molar-refractivity contribution in [3.8, 4) is 22.5 Å². The Bertz CT molecular complexity index is 1390. The van der Waals surface area contributed by atoms with E-state index >= 15 is 4.39 Å². The van der Waals surface area contributed by atoms with Crippen molar-refractivity contribution in [3.63, 3.8) is 0 Å². The van der Waals surface area contributed by atoms with Gasteiger partial charge in [0.25, 0.3) is 0 Å². The highest BCUT2D eigenvalue weighted by Gasteiger charge is 2.23. The average Bonchev–Trinajstić information content (AvgIpc) is 3.53. The number of benzene rings is 3. The van der Waals surface area contributed by atoms with Crippen molar-refractivity contribution >= 4 is 5.97 Å². The van der Waals surface area contributed by atoms with Gasteiger partial charge < -0.3 is 4.74 Å². The van der Waals surface area contributed by atoms with Crippen molar-refractivity contribution in [2.45, 2.75) is 53.2 Å². The summed E-state index contributed by atoms with van der Waals surface area (Å²) < 4.78 is 22.4. The Morgan fingerprint density at radius 2 is 1.70 bits per heavy atom. The molecule has 1 aromatic heterocycles. The number of carbonyl (C=O) groups is 1. The molecule has 37 heavy (non-hydrogen) atoms. The lowest BCUT2D eigenvalue weighted by molar-refractivity contribution is -0.157. The summed E-state index contributed by atoms with van der Waals surface area (Å²) >= 11 is 0. The van der Waals surface area contributed by atoms with Gasteiger partial charge in [-0.25, -0.2) is 14.1 Å². The van der Waals surface area contributed by atoms with Crippen LogP contribution in [0.3, 0.4) is 0 Å². The van der Waals surface area contributed by atoms with Crippen LogP contribution in [0, 0.1) is 17.2 Å². The van der Waals surface area contributed by atoms with Crippen LogP contribution in [0.1, 0.15) is 43.9 Å². The topological polar surface area (TPSA) is 57.0 Å². The Morgan fingerprint density at radius 1 is 1.00 bits per heavy atom. The van der Waals surface area contributed by atoms with Gasteiger partial charge in [0.1, 0.15) is 12.1 Å². The largest absolute Gasteiger partial charge is 0.442 e. The van der Waals surface area contributed by atoms with Crippen LogP contribution in [0.25, 0.3) is 22.5 Å². The van der Waals surface area contributed by atoms with Crippen molar-refractivity contribution in [3.05, 3.63) is 95.6 Å². The Hall–Kier alpha value is -3.80. The van der Waals surface area contributed by atoms with Gasteiger partial charge in [0.15, 0.2) is 12.6 Å². The first-order valence-corrected chi connectivity index (χ1v) is 12.8. The van der Waals surface area contributed by atoms with E-state index in [0.717, 1.165) is 42.4 Å². The second-order valence-electron chi connectivity index (χ2n) is 10.9. The van der Waals surface area contributed by atoms with Crippen LogP contribution in [0.15, 0.2) is 73.1 Å². The molecule has 0 radical (unpaired) electrons. The molecule has 1 aliphatic carbocycles. The van der Waals surface area contributed by atoms with Crippen molar-refractivity contribution in [2.75, 3.05) is 0 Å². The van der Waals surface area contributed by atoms with Gasteiger partial charge in [-0.05, 0) is 80.7 Å². The molecule has 1 aliphatic rings. The third-order valence-corrected chi connectivity index (χ3v) is 6.94. The van der Waals surface area contributed by atoms with Crippen molar-refractivity contribution in [1.82, 2.24) is 14.8 Å². The number of nitrogens with zero attached hydrogens (tertiary/aromatic N) is 3. The van der Waals surface area contributed by atoms with E-state index in [1.54, 1.807) is 20.8 Å². The minimum absolute atomic E-state index is 0.00839. The third-order valence-electron chi connectivity index (χ3n) is 6.94. The molecular formula is C31H32FN3O2. The normalized spacial score (nSPS) is 13.5. The van der Waals surface area contributed by atoms with Gasteiger partial charge in [-0.1, -0.05) is 60.7 Å². The lowest BCUT2D eigenvalue weighted by Crippen LogP contribution is -2.24. The van der Waals surface area contributed by atoms with E-state index in [1.165, 1.54) is 22.1 Å². The summed E-state index contributed by atoms with van der Waals surface area (Å²) in [5, 5.41) is 4.43. The number of fused-ring (bicyclic) bond motifs is 1. The summed E-state index contributed by atoms with van der Waals surface area (Å²) in [4.78, 5) is 16.4. The van der Waals surface area contributed by atoms with E-state index in [2.05, 4.69) is 34.3 Å². The number of aromatic nitrogens is 3. The highest BCUT2D eigenvalue weighted by Crippen LogP contribution is 2.32. The van der Waals surface area contributed by atoms with Gasteiger partial charge in [-0.2, -0.15) is 0 Å². The van der Waals surface area contributed by atoms with Gasteiger partial charge in [-0.15, -0.1) is 5.10 Å². The second kappa shape index (κ2) is 10.3. The number of carbonyl (C=O) groups excluding carboxylic acids is 1. The highest BCUT2D eigenvalue weighted by molar-refractivity contribution is 5.75. The molecule has 0 atom stereocenters. The molecule has 0 fully saturated rings. The zero-order chi connectivity index (χ0) is 26.0. The maximum absolute atomic E-state index is 15.6. The summed E-state index contributed by atoms with van der Waals surface area (Å²) in [6, 6.07) is 21.8. The fraction of sp³-hybridized carbons (Fsp3) is 0.323. The van der Waals surface area contributed by atoms with Gasteiger partial charge in [0.05, 0.1) is 5.41 Å². The molecule has 0 aliphatic heterocycles. The molecule has 5 nitrogen and oxygen atoms in total. The summed E-state index contributed by atoms with van der Waals surface area (Å²) in [6.07, 6.45) is 5.37. The second-order valence-corrected chi connectivity index (χ2v) is 10.9. The van der Waals surface area contributed by atoms with E-state index in [4.69, 9.17) is 4.74 Å². The summed E-state index contributed by atoms with van der Waals surface area (Å²) in [5.74, 6) is 0.584. The molecule has 0 spiro atoms. The Balaban J connectivity index is 1.28. The zero-order valence-electron chi connectivity index (χ0n) is 21.6. The fourth-order valence-electron chi connectivity index (χ4n) is 4.87. The van der Waals surface area contributed by atoms with Gasteiger partial charge in [0.2, 0.25) is 0 Å². The molecule has 3 aromatic carbocycles. The maximum atomic E-state index is 15.6. The van der Waals surface area contributed by atoms with Crippen LogP contribution < -0.4 is 0 Å². The molecule has 0 saturated heterocycles. The lowest BCUT2D eigenvalue weighted by atomic mass is 9.94. The Kier molecular flexibility index (Phi) is 6.92.